The Morgan fingerprint density at radius 3 is 2.53 bits per heavy atom. The van der Waals surface area contributed by atoms with Crippen molar-refractivity contribution in [2.24, 2.45) is 0 Å². The molecule has 4 heteroatoms. The number of ether oxygens (including phenoxy) is 1. The summed E-state index contributed by atoms with van der Waals surface area (Å²) in [6.07, 6.45) is 0.864. The second-order valence-corrected chi connectivity index (χ2v) is 5.21. The van der Waals surface area contributed by atoms with Crippen LogP contribution in [0.4, 0.5) is 4.79 Å². The molecule has 0 aromatic heterocycles. The summed E-state index contributed by atoms with van der Waals surface area (Å²) in [7, 11) is 0. The molecule has 1 aliphatic rings. The van der Waals surface area contributed by atoms with Crippen molar-refractivity contribution in [2.45, 2.75) is 58.3 Å². The van der Waals surface area contributed by atoms with Crippen molar-refractivity contribution in [3.05, 3.63) is 0 Å². The van der Waals surface area contributed by atoms with Crippen molar-refractivity contribution in [3.63, 3.8) is 0 Å². The molecule has 88 valence electrons. The molecule has 0 aromatic carbocycles. The van der Waals surface area contributed by atoms with Gasteiger partial charge < -0.3 is 14.7 Å². The third-order valence-corrected chi connectivity index (χ3v) is 2.49. The molecule has 0 aliphatic carbocycles. The zero-order valence-electron chi connectivity index (χ0n) is 9.99. The van der Waals surface area contributed by atoms with E-state index in [0.29, 0.717) is 6.54 Å². The number of rotatable bonds is 0. The minimum absolute atomic E-state index is 0.156. The van der Waals surface area contributed by atoms with E-state index >= 15 is 0 Å². The first-order chi connectivity index (χ1) is 6.79. The highest BCUT2D eigenvalue weighted by Crippen LogP contribution is 2.20. The Labute approximate surface area is 91.2 Å². The maximum Gasteiger partial charge on any atom is 0.410 e. The highest BCUT2D eigenvalue weighted by atomic mass is 16.6. The number of nitrogens with zero attached hydrogens (tertiary/aromatic N) is 1. The van der Waals surface area contributed by atoms with Crippen molar-refractivity contribution in [2.75, 3.05) is 6.54 Å². The fraction of sp³-hybridized carbons (Fsp3) is 0.909. The van der Waals surface area contributed by atoms with Crippen molar-refractivity contribution in [1.82, 2.24) is 4.90 Å². The molecule has 0 radical (unpaired) electrons. The number of aliphatic hydroxyl groups excluding tert-OH is 1. The predicted molar refractivity (Wildman–Crippen MR) is 57.6 cm³/mol. The van der Waals surface area contributed by atoms with Gasteiger partial charge in [-0.05, 0) is 40.5 Å². The lowest BCUT2D eigenvalue weighted by atomic mass is 10.0. The standard InChI is InChI=1S/C11H21NO3/c1-8-5-6-9(13)7-12(8)10(14)15-11(2,3)4/h8-9,13H,5-7H2,1-4H3/t8-,9+/m1/s1. The first kappa shape index (κ1) is 12.3. The molecule has 2 atom stereocenters. The molecule has 15 heavy (non-hydrogen) atoms. The Morgan fingerprint density at radius 1 is 1.40 bits per heavy atom. The second kappa shape index (κ2) is 4.39. The zero-order chi connectivity index (χ0) is 11.6. The quantitative estimate of drug-likeness (QED) is 0.670. The Morgan fingerprint density at radius 2 is 2.00 bits per heavy atom. The Hall–Kier alpha value is -0.770. The van der Waals surface area contributed by atoms with E-state index in [-0.39, 0.29) is 12.1 Å². The van der Waals surface area contributed by atoms with E-state index in [2.05, 4.69) is 0 Å². The second-order valence-electron chi connectivity index (χ2n) is 5.21. The molecule has 0 spiro atoms. The van der Waals surface area contributed by atoms with Crippen LogP contribution in [0.1, 0.15) is 40.5 Å². The van der Waals surface area contributed by atoms with E-state index in [4.69, 9.17) is 4.74 Å². The fourth-order valence-electron chi connectivity index (χ4n) is 1.66. The predicted octanol–water partition coefficient (Wildman–Crippen LogP) is 1.77. The minimum atomic E-state index is -0.473. The van der Waals surface area contributed by atoms with Crippen molar-refractivity contribution >= 4 is 6.09 Å². The van der Waals surface area contributed by atoms with E-state index in [1.807, 2.05) is 27.7 Å². The summed E-state index contributed by atoms with van der Waals surface area (Å²) in [6.45, 7) is 7.90. The third kappa shape index (κ3) is 3.70. The highest BCUT2D eigenvalue weighted by molar-refractivity contribution is 5.68. The molecular formula is C11H21NO3. The molecule has 1 N–H and O–H groups in total. The summed E-state index contributed by atoms with van der Waals surface area (Å²) in [6, 6.07) is 0.156. The number of piperidine rings is 1. The van der Waals surface area contributed by atoms with Crippen LogP contribution in [0.15, 0.2) is 0 Å². The van der Waals surface area contributed by atoms with Crippen LogP contribution in [-0.2, 0) is 4.74 Å². The molecule has 0 unspecified atom stereocenters. The average molecular weight is 215 g/mol. The summed E-state index contributed by atoms with van der Waals surface area (Å²) >= 11 is 0. The van der Waals surface area contributed by atoms with E-state index in [1.165, 1.54) is 0 Å². The summed E-state index contributed by atoms with van der Waals surface area (Å²) in [5, 5.41) is 9.50. The van der Waals surface area contributed by atoms with Crippen LogP contribution in [0.25, 0.3) is 0 Å². The van der Waals surface area contributed by atoms with Crippen molar-refractivity contribution in [3.8, 4) is 0 Å². The lowest BCUT2D eigenvalue weighted by molar-refractivity contribution is -0.00987. The lowest BCUT2D eigenvalue weighted by Crippen LogP contribution is -2.49. The minimum Gasteiger partial charge on any atom is -0.444 e. The van der Waals surface area contributed by atoms with Crippen LogP contribution in [0.3, 0.4) is 0 Å². The average Bonchev–Trinajstić information content (AvgIpc) is 2.06. The highest BCUT2D eigenvalue weighted by Gasteiger charge is 2.31. The van der Waals surface area contributed by atoms with Crippen LogP contribution < -0.4 is 0 Å². The smallest absolute Gasteiger partial charge is 0.410 e. The zero-order valence-corrected chi connectivity index (χ0v) is 9.99. The maximum atomic E-state index is 11.8. The summed E-state index contributed by atoms with van der Waals surface area (Å²) in [5.74, 6) is 0. The van der Waals surface area contributed by atoms with Gasteiger partial charge in [-0.1, -0.05) is 0 Å². The topological polar surface area (TPSA) is 49.8 Å². The number of β-amino-alcohol motifs (C(OH)–C–C–N with tert-alkyl or cyclic N) is 1. The van der Waals surface area contributed by atoms with Gasteiger partial charge in [-0.25, -0.2) is 4.79 Å². The SMILES string of the molecule is C[C@@H]1CC[C@H](O)CN1C(=O)OC(C)(C)C. The van der Waals surface area contributed by atoms with Gasteiger partial charge in [-0.3, -0.25) is 0 Å². The van der Waals surface area contributed by atoms with Gasteiger partial charge in [0.2, 0.25) is 0 Å². The summed E-state index contributed by atoms with van der Waals surface area (Å²) in [5.41, 5.74) is -0.473. The molecule has 1 aliphatic heterocycles. The lowest BCUT2D eigenvalue weighted by Gasteiger charge is -2.36. The summed E-state index contributed by atoms with van der Waals surface area (Å²) < 4.78 is 5.27. The molecule has 0 saturated carbocycles. The molecule has 1 amide bonds. The third-order valence-electron chi connectivity index (χ3n) is 2.49. The number of hydrogen-bond donors (Lipinski definition) is 1. The van der Waals surface area contributed by atoms with Crippen LogP contribution in [0, 0.1) is 0 Å². The maximum absolute atomic E-state index is 11.8. The van der Waals surface area contributed by atoms with Crippen LogP contribution in [-0.4, -0.2) is 40.4 Å². The Bertz CT molecular complexity index is 234. The molecule has 1 heterocycles. The van der Waals surface area contributed by atoms with Gasteiger partial charge >= 0.3 is 6.09 Å². The van der Waals surface area contributed by atoms with Crippen LogP contribution >= 0.6 is 0 Å². The van der Waals surface area contributed by atoms with E-state index in [0.717, 1.165) is 12.8 Å². The molecule has 0 bridgehead atoms. The Kier molecular flexibility index (Phi) is 3.60. The van der Waals surface area contributed by atoms with E-state index < -0.39 is 11.7 Å². The monoisotopic (exact) mass is 215 g/mol. The normalized spacial score (nSPS) is 27.7. The molecule has 1 fully saturated rings. The van der Waals surface area contributed by atoms with Gasteiger partial charge in [-0.15, -0.1) is 0 Å². The van der Waals surface area contributed by atoms with E-state index in [1.54, 1.807) is 4.90 Å². The van der Waals surface area contributed by atoms with Crippen LogP contribution in [0.2, 0.25) is 0 Å². The number of amides is 1. The van der Waals surface area contributed by atoms with Gasteiger partial charge in [0, 0.05) is 6.04 Å². The van der Waals surface area contributed by atoms with Gasteiger partial charge in [0.25, 0.3) is 0 Å². The van der Waals surface area contributed by atoms with Gasteiger partial charge in [0.05, 0.1) is 12.6 Å². The molecule has 1 rings (SSSR count). The molecule has 4 nitrogen and oxygen atoms in total. The van der Waals surface area contributed by atoms with Gasteiger partial charge in [0.1, 0.15) is 5.60 Å². The first-order valence-corrected chi connectivity index (χ1v) is 5.47. The Balaban J connectivity index is 2.57. The van der Waals surface area contributed by atoms with Crippen molar-refractivity contribution in [1.29, 1.82) is 0 Å². The number of carbonyl (C=O) groups excluding carboxylic acids is 1. The van der Waals surface area contributed by atoms with Gasteiger partial charge in [-0.2, -0.15) is 0 Å². The fourth-order valence-corrected chi connectivity index (χ4v) is 1.66. The number of aliphatic hydroxyl groups is 1. The number of hydrogen-bond acceptors (Lipinski definition) is 3. The van der Waals surface area contributed by atoms with E-state index in [9.17, 15) is 9.90 Å². The number of carbonyl (C=O) groups is 1. The van der Waals surface area contributed by atoms with Crippen LogP contribution in [0.5, 0.6) is 0 Å². The molecule has 1 saturated heterocycles. The van der Waals surface area contributed by atoms with Gasteiger partial charge in [0.15, 0.2) is 0 Å². The molecule has 0 aromatic rings. The largest absolute Gasteiger partial charge is 0.444 e. The van der Waals surface area contributed by atoms with Crippen molar-refractivity contribution < 1.29 is 14.6 Å². The first-order valence-electron chi connectivity index (χ1n) is 5.47. The molecular weight excluding hydrogens is 194 g/mol. The number of likely N-dealkylation sites (tertiary alicyclic amines) is 1. The summed E-state index contributed by atoms with van der Waals surface area (Å²) in [4.78, 5) is 13.4.